The molecule has 5 rings (SSSR count). The van der Waals surface area contributed by atoms with E-state index < -0.39 is 0 Å². The second kappa shape index (κ2) is 6.99. The van der Waals surface area contributed by atoms with E-state index in [1.807, 2.05) is 64.3 Å². The molecule has 28 heavy (non-hydrogen) atoms. The zero-order valence-electron chi connectivity index (χ0n) is 15.5. The Morgan fingerprint density at radius 1 is 1.18 bits per heavy atom. The van der Waals surface area contributed by atoms with E-state index in [0.717, 1.165) is 53.7 Å². The van der Waals surface area contributed by atoms with Crippen LogP contribution in [0.1, 0.15) is 36.7 Å². The standard InChI is InChI=1S/C21H22N6O/c28-21(22-13-15-14-23-27-12-6-4-9-18(15)27)26-11-5-3-10-19(26)20-24-16-7-1-2-8-17(16)25-20/h1-2,4,6-9,12,14,19H,3,5,10-11,13H2,(H,22,28)(H,24,25). The third-order valence-corrected chi connectivity index (χ3v) is 5.42. The van der Waals surface area contributed by atoms with Crippen molar-refractivity contribution in [2.45, 2.75) is 31.8 Å². The molecular weight excluding hydrogens is 352 g/mol. The summed E-state index contributed by atoms with van der Waals surface area (Å²) in [6, 6.07) is 13.8. The molecule has 0 saturated carbocycles. The average molecular weight is 374 g/mol. The van der Waals surface area contributed by atoms with Gasteiger partial charge in [-0.05, 0) is 43.5 Å². The maximum Gasteiger partial charge on any atom is 0.318 e. The summed E-state index contributed by atoms with van der Waals surface area (Å²) in [6.07, 6.45) is 6.75. The molecule has 0 bridgehead atoms. The minimum Gasteiger partial charge on any atom is -0.340 e. The van der Waals surface area contributed by atoms with Gasteiger partial charge in [0.1, 0.15) is 5.82 Å². The van der Waals surface area contributed by atoms with Crippen molar-refractivity contribution in [2.75, 3.05) is 6.54 Å². The lowest BCUT2D eigenvalue weighted by Gasteiger charge is -2.34. The first-order valence-corrected chi connectivity index (χ1v) is 9.70. The van der Waals surface area contributed by atoms with Gasteiger partial charge in [-0.25, -0.2) is 14.3 Å². The van der Waals surface area contributed by atoms with Crippen molar-refractivity contribution in [3.8, 4) is 0 Å². The van der Waals surface area contributed by atoms with Crippen molar-refractivity contribution < 1.29 is 4.79 Å². The number of fused-ring (bicyclic) bond motifs is 2. The normalized spacial score (nSPS) is 17.3. The second-order valence-corrected chi connectivity index (χ2v) is 7.20. The molecule has 142 valence electrons. The fourth-order valence-electron chi connectivity index (χ4n) is 3.99. The van der Waals surface area contributed by atoms with Gasteiger partial charge in [0.15, 0.2) is 0 Å². The van der Waals surface area contributed by atoms with Crippen LogP contribution in [0.3, 0.4) is 0 Å². The number of nitrogens with one attached hydrogen (secondary N) is 2. The number of rotatable bonds is 3. The van der Waals surface area contributed by atoms with E-state index in [0.29, 0.717) is 6.54 Å². The number of nitrogens with zero attached hydrogens (tertiary/aromatic N) is 4. The van der Waals surface area contributed by atoms with E-state index in [4.69, 9.17) is 4.98 Å². The molecule has 7 nitrogen and oxygen atoms in total. The number of aromatic nitrogens is 4. The lowest BCUT2D eigenvalue weighted by molar-refractivity contribution is 0.148. The molecule has 2 amide bonds. The van der Waals surface area contributed by atoms with Gasteiger partial charge in [-0.15, -0.1) is 0 Å². The Kier molecular flexibility index (Phi) is 4.20. The monoisotopic (exact) mass is 374 g/mol. The topological polar surface area (TPSA) is 78.3 Å². The molecule has 0 aliphatic carbocycles. The minimum atomic E-state index is -0.0552. The number of amides is 2. The SMILES string of the molecule is O=C(NCc1cnn2ccccc12)N1CCCCC1c1nc2ccccc2[nH]1. The summed E-state index contributed by atoms with van der Waals surface area (Å²) in [7, 11) is 0. The van der Waals surface area contributed by atoms with Crippen LogP contribution in [-0.2, 0) is 6.54 Å². The van der Waals surface area contributed by atoms with Crippen LogP contribution in [0.2, 0.25) is 0 Å². The van der Waals surface area contributed by atoms with Crippen LogP contribution in [0.15, 0.2) is 54.9 Å². The molecule has 4 heterocycles. The Morgan fingerprint density at radius 2 is 2.07 bits per heavy atom. The number of imidazole rings is 1. The molecule has 1 saturated heterocycles. The molecule has 0 spiro atoms. The number of carbonyl (C=O) groups excluding carboxylic acids is 1. The molecule has 1 aliphatic heterocycles. The largest absolute Gasteiger partial charge is 0.340 e. The quantitative estimate of drug-likeness (QED) is 0.575. The number of H-pyrrole nitrogens is 1. The molecule has 1 atom stereocenters. The van der Waals surface area contributed by atoms with Crippen molar-refractivity contribution >= 4 is 22.6 Å². The Morgan fingerprint density at radius 3 is 3.00 bits per heavy atom. The highest BCUT2D eigenvalue weighted by Crippen LogP contribution is 2.30. The molecule has 1 unspecified atom stereocenters. The van der Waals surface area contributed by atoms with Gasteiger partial charge in [-0.3, -0.25) is 0 Å². The van der Waals surface area contributed by atoms with Crippen molar-refractivity contribution in [1.29, 1.82) is 0 Å². The molecule has 3 aromatic heterocycles. The fourth-order valence-corrected chi connectivity index (χ4v) is 3.99. The van der Waals surface area contributed by atoms with Gasteiger partial charge in [0, 0.05) is 24.8 Å². The average Bonchev–Trinajstić information content (AvgIpc) is 3.36. The number of benzene rings is 1. The van der Waals surface area contributed by atoms with E-state index in [9.17, 15) is 4.79 Å². The molecule has 1 aromatic carbocycles. The number of hydrogen-bond donors (Lipinski definition) is 2. The van der Waals surface area contributed by atoms with Crippen LogP contribution in [0.25, 0.3) is 16.6 Å². The number of para-hydroxylation sites is 2. The number of urea groups is 1. The van der Waals surface area contributed by atoms with E-state index >= 15 is 0 Å². The second-order valence-electron chi connectivity index (χ2n) is 7.20. The van der Waals surface area contributed by atoms with Crippen LogP contribution in [0, 0.1) is 0 Å². The number of pyridine rings is 1. The van der Waals surface area contributed by atoms with Gasteiger partial charge >= 0.3 is 6.03 Å². The summed E-state index contributed by atoms with van der Waals surface area (Å²) in [4.78, 5) is 23.0. The zero-order valence-corrected chi connectivity index (χ0v) is 15.5. The van der Waals surface area contributed by atoms with Crippen LogP contribution in [0.4, 0.5) is 4.79 Å². The third-order valence-electron chi connectivity index (χ3n) is 5.42. The number of piperidine rings is 1. The van der Waals surface area contributed by atoms with E-state index in [-0.39, 0.29) is 12.1 Å². The predicted octanol–water partition coefficient (Wildman–Crippen LogP) is 3.65. The summed E-state index contributed by atoms with van der Waals surface area (Å²) < 4.78 is 1.82. The van der Waals surface area contributed by atoms with Crippen LogP contribution < -0.4 is 5.32 Å². The lowest BCUT2D eigenvalue weighted by Crippen LogP contribution is -2.44. The Bertz CT molecular complexity index is 1100. The summed E-state index contributed by atoms with van der Waals surface area (Å²) in [5.74, 6) is 0.868. The highest BCUT2D eigenvalue weighted by Gasteiger charge is 2.30. The van der Waals surface area contributed by atoms with Crippen LogP contribution >= 0.6 is 0 Å². The Labute approximate surface area is 162 Å². The van der Waals surface area contributed by atoms with Crippen LogP contribution in [0.5, 0.6) is 0 Å². The lowest BCUT2D eigenvalue weighted by atomic mass is 10.0. The first-order chi connectivity index (χ1) is 13.8. The molecule has 4 aromatic rings. The molecular formula is C21H22N6O. The fraction of sp³-hybridized carbons (Fsp3) is 0.286. The van der Waals surface area contributed by atoms with Crippen molar-refractivity contribution in [3.63, 3.8) is 0 Å². The first kappa shape index (κ1) is 16.8. The number of likely N-dealkylation sites (tertiary alicyclic amines) is 1. The summed E-state index contributed by atoms with van der Waals surface area (Å²) in [6.45, 7) is 1.19. The van der Waals surface area contributed by atoms with Gasteiger partial charge in [0.2, 0.25) is 0 Å². The van der Waals surface area contributed by atoms with Crippen molar-refractivity contribution in [3.05, 3.63) is 66.2 Å². The van der Waals surface area contributed by atoms with Gasteiger partial charge in [-0.1, -0.05) is 18.2 Å². The van der Waals surface area contributed by atoms with Gasteiger partial charge < -0.3 is 15.2 Å². The Hall–Kier alpha value is -3.35. The molecule has 1 aliphatic rings. The number of carbonyl (C=O) groups is 1. The van der Waals surface area contributed by atoms with E-state index in [1.165, 1.54) is 0 Å². The first-order valence-electron chi connectivity index (χ1n) is 9.70. The molecule has 1 fully saturated rings. The summed E-state index contributed by atoms with van der Waals surface area (Å²) in [5, 5.41) is 7.41. The molecule has 7 heteroatoms. The summed E-state index contributed by atoms with van der Waals surface area (Å²) in [5.41, 5.74) is 3.96. The highest BCUT2D eigenvalue weighted by atomic mass is 16.2. The number of hydrogen-bond acceptors (Lipinski definition) is 3. The molecule has 2 N–H and O–H groups in total. The van der Waals surface area contributed by atoms with Crippen LogP contribution in [-0.4, -0.2) is 37.1 Å². The van der Waals surface area contributed by atoms with Crippen molar-refractivity contribution in [1.82, 2.24) is 29.8 Å². The highest BCUT2D eigenvalue weighted by molar-refractivity contribution is 5.77. The minimum absolute atomic E-state index is 0.0231. The van der Waals surface area contributed by atoms with E-state index in [2.05, 4.69) is 15.4 Å². The predicted molar refractivity (Wildman–Crippen MR) is 107 cm³/mol. The van der Waals surface area contributed by atoms with E-state index in [1.54, 1.807) is 0 Å². The third kappa shape index (κ3) is 2.98. The smallest absolute Gasteiger partial charge is 0.318 e. The maximum absolute atomic E-state index is 13.0. The maximum atomic E-state index is 13.0. The Balaban J connectivity index is 1.34. The zero-order chi connectivity index (χ0) is 18.9. The molecule has 0 radical (unpaired) electrons. The van der Waals surface area contributed by atoms with Gasteiger partial charge in [0.05, 0.1) is 28.8 Å². The summed E-state index contributed by atoms with van der Waals surface area (Å²) >= 11 is 0. The van der Waals surface area contributed by atoms with Gasteiger partial charge in [-0.2, -0.15) is 5.10 Å². The van der Waals surface area contributed by atoms with Crippen molar-refractivity contribution in [2.24, 2.45) is 0 Å². The number of aromatic amines is 1. The van der Waals surface area contributed by atoms with Gasteiger partial charge in [0.25, 0.3) is 0 Å².